The first-order valence-corrected chi connectivity index (χ1v) is 17.4. The molecular formula is C42H48O6. The van der Waals surface area contributed by atoms with Crippen LogP contribution in [0.3, 0.4) is 0 Å². The fourth-order valence-electron chi connectivity index (χ4n) is 4.65. The molecule has 0 spiro atoms. The maximum Gasteiger partial charge on any atom is 0.162 e. The van der Waals surface area contributed by atoms with Crippen LogP contribution in [-0.4, -0.2) is 39.6 Å². The number of hydrogen-bond donors (Lipinski definition) is 0. The molecule has 3 aromatic carbocycles. The number of benzene rings is 3. The Morgan fingerprint density at radius 1 is 0.292 bits per heavy atom. The second-order valence-electron chi connectivity index (χ2n) is 11.4. The zero-order valence-corrected chi connectivity index (χ0v) is 29.4. The Hall–Kier alpha value is -4.86. The molecule has 0 radical (unpaired) electrons. The highest BCUT2D eigenvalue weighted by atomic mass is 16.5. The second kappa shape index (κ2) is 19.1. The van der Waals surface area contributed by atoms with Crippen LogP contribution < -0.4 is 28.4 Å². The highest BCUT2D eigenvalue weighted by Crippen LogP contribution is 2.35. The molecule has 1 aliphatic rings. The van der Waals surface area contributed by atoms with E-state index in [0.29, 0.717) is 74.1 Å². The average molecular weight is 649 g/mol. The van der Waals surface area contributed by atoms with Gasteiger partial charge in [-0.25, -0.2) is 0 Å². The SMILES string of the molecule is CCCOc1cc2c(cc1OCCC)C#Cc1cc(OCCC)c(OCCC)cc1C#Cc1cc(OCCC)c(OCCC)cc1C#C2. The minimum atomic E-state index is 0.563. The molecule has 6 heteroatoms. The van der Waals surface area contributed by atoms with Crippen LogP contribution in [0.2, 0.25) is 0 Å². The molecule has 0 bridgehead atoms. The summed E-state index contributed by atoms with van der Waals surface area (Å²) in [4.78, 5) is 0. The second-order valence-corrected chi connectivity index (χ2v) is 11.4. The fraction of sp³-hybridized carbons (Fsp3) is 0.429. The van der Waals surface area contributed by atoms with Crippen LogP contribution in [0.1, 0.15) is 113 Å². The van der Waals surface area contributed by atoms with E-state index in [4.69, 9.17) is 28.4 Å². The Morgan fingerprint density at radius 2 is 0.438 bits per heavy atom. The molecule has 0 heterocycles. The normalized spacial score (nSPS) is 10.9. The van der Waals surface area contributed by atoms with Gasteiger partial charge in [0, 0.05) is 69.8 Å². The summed E-state index contributed by atoms with van der Waals surface area (Å²) in [5, 5.41) is 0. The molecule has 0 aromatic heterocycles. The molecule has 48 heavy (non-hydrogen) atoms. The van der Waals surface area contributed by atoms with E-state index in [9.17, 15) is 0 Å². The lowest BCUT2D eigenvalue weighted by atomic mass is 10.0. The van der Waals surface area contributed by atoms with Crippen LogP contribution in [0.5, 0.6) is 34.5 Å². The van der Waals surface area contributed by atoms with Crippen LogP contribution in [0.15, 0.2) is 36.4 Å². The van der Waals surface area contributed by atoms with Gasteiger partial charge in [0.2, 0.25) is 0 Å². The Labute approximate surface area is 287 Å². The quantitative estimate of drug-likeness (QED) is 0.100. The molecule has 3 aromatic rings. The Bertz CT molecular complexity index is 1400. The van der Waals surface area contributed by atoms with Gasteiger partial charge in [-0.1, -0.05) is 77.1 Å². The molecule has 0 aliphatic heterocycles. The van der Waals surface area contributed by atoms with Gasteiger partial charge in [-0.05, 0) is 38.5 Å². The van der Waals surface area contributed by atoms with Crippen LogP contribution in [0.4, 0.5) is 0 Å². The zero-order chi connectivity index (χ0) is 34.1. The van der Waals surface area contributed by atoms with Crippen LogP contribution in [-0.2, 0) is 0 Å². The Balaban J connectivity index is 2.02. The highest BCUT2D eigenvalue weighted by molar-refractivity contribution is 5.67. The molecule has 0 unspecified atom stereocenters. The minimum absolute atomic E-state index is 0.563. The van der Waals surface area contributed by atoms with Crippen molar-refractivity contribution in [3.05, 3.63) is 69.8 Å². The van der Waals surface area contributed by atoms with Crippen molar-refractivity contribution in [2.24, 2.45) is 0 Å². The first-order valence-electron chi connectivity index (χ1n) is 17.4. The van der Waals surface area contributed by atoms with Crippen molar-refractivity contribution < 1.29 is 28.4 Å². The summed E-state index contributed by atoms with van der Waals surface area (Å²) in [6.45, 7) is 15.8. The number of rotatable bonds is 18. The van der Waals surface area contributed by atoms with Crippen molar-refractivity contribution in [3.8, 4) is 70.0 Å². The molecule has 0 atom stereocenters. The lowest BCUT2D eigenvalue weighted by Crippen LogP contribution is -2.04. The van der Waals surface area contributed by atoms with Gasteiger partial charge in [-0.2, -0.15) is 0 Å². The molecule has 0 saturated heterocycles. The standard InChI is InChI=1S/C42H48O6/c1-7-19-43-37-25-31-13-14-33-27-39(45-21-9-3)41(47-23-11-5)29-35(33)17-18-36-30-42(48-24-12-6)40(46-22-10-4)28-34(36)16-15-32(31)26-38(37)44-20-8-2/h25-30H,7-12,19-24H2,1-6H3. The van der Waals surface area contributed by atoms with E-state index in [-0.39, 0.29) is 0 Å². The average Bonchev–Trinajstić information content (AvgIpc) is 3.10. The molecule has 4 rings (SSSR count). The van der Waals surface area contributed by atoms with Crippen molar-refractivity contribution in [2.45, 2.75) is 80.1 Å². The topological polar surface area (TPSA) is 55.4 Å². The van der Waals surface area contributed by atoms with Crippen LogP contribution in [0.25, 0.3) is 0 Å². The van der Waals surface area contributed by atoms with Gasteiger partial charge in [0.25, 0.3) is 0 Å². The summed E-state index contributed by atoms with van der Waals surface area (Å²) in [6, 6.07) is 11.6. The van der Waals surface area contributed by atoms with E-state index in [1.165, 1.54) is 0 Å². The molecular weight excluding hydrogens is 600 g/mol. The van der Waals surface area contributed by atoms with Gasteiger partial charge in [-0.3, -0.25) is 0 Å². The highest BCUT2D eigenvalue weighted by Gasteiger charge is 2.16. The number of ether oxygens (including phenoxy) is 6. The van der Waals surface area contributed by atoms with Gasteiger partial charge in [0.1, 0.15) is 0 Å². The molecule has 0 fully saturated rings. The fourth-order valence-corrected chi connectivity index (χ4v) is 4.65. The van der Waals surface area contributed by atoms with Crippen LogP contribution >= 0.6 is 0 Å². The smallest absolute Gasteiger partial charge is 0.162 e. The number of fused-ring (bicyclic) bond motifs is 3. The summed E-state index contributed by atoms with van der Waals surface area (Å²) in [5.41, 5.74) is 4.37. The molecule has 0 N–H and O–H groups in total. The first-order chi connectivity index (χ1) is 23.5. The zero-order valence-electron chi connectivity index (χ0n) is 29.4. The summed E-state index contributed by atoms with van der Waals surface area (Å²) in [5.74, 6) is 24.2. The van der Waals surface area contributed by atoms with Gasteiger partial charge >= 0.3 is 0 Å². The van der Waals surface area contributed by atoms with E-state index in [1.807, 2.05) is 36.4 Å². The van der Waals surface area contributed by atoms with Crippen molar-refractivity contribution in [3.63, 3.8) is 0 Å². The predicted octanol–water partition coefficient (Wildman–Crippen LogP) is 8.93. The molecule has 252 valence electrons. The minimum Gasteiger partial charge on any atom is -0.490 e. The third kappa shape index (κ3) is 9.82. The molecule has 0 saturated carbocycles. The lowest BCUT2D eigenvalue weighted by molar-refractivity contribution is 0.268. The van der Waals surface area contributed by atoms with E-state index < -0.39 is 0 Å². The van der Waals surface area contributed by atoms with Gasteiger partial charge in [0.15, 0.2) is 34.5 Å². The van der Waals surface area contributed by atoms with E-state index in [1.54, 1.807) is 0 Å². The summed E-state index contributed by atoms with van der Waals surface area (Å²) in [7, 11) is 0. The summed E-state index contributed by atoms with van der Waals surface area (Å²) < 4.78 is 36.8. The Kier molecular flexibility index (Phi) is 14.3. The van der Waals surface area contributed by atoms with Crippen LogP contribution in [0, 0.1) is 35.5 Å². The molecule has 0 amide bonds. The summed E-state index contributed by atoms with van der Waals surface area (Å²) >= 11 is 0. The van der Waals surface area contributed by atoms with Crippen molar-refractivity contribution in [1.29, 1.82) is 0 Å². The van der Waals surface area contributed by atoms with Crippen molar-refractivity contribution >= 4 is 0 Å². The molecule has 1 aliphatic carbocycles. The van der Waals surface area contributed by atoms with Crippen molar-refractivity contribution in [1.82, 2.24) is 0 Å². The first kappa shape index (κ1) is 36.0. The van der Waals surface area contributed by atoms with Gasteiger partial charge in [-0.15, -0.1) is 0 Å². The van der Waals surface area contributed by atoms with E-state index in [2.05, 4.69) is 77.1 Å². The van der Waals surface area contributed by atoms with Gasteiger partial charge < -0.3 is 28.4 Å². The van der Waals surface area contributed by atoms with E-state index in [0.717, 1.165) is 71.9 Å². The third-order valence-corrected chi connectivity index (χ3v) is 7.02. The lowest BCUT2D eigenvalue weighted by Gasteiger charge is -2.15. The van der Waals surface area contributed by atoms with Gasteiger partial charge in [0.05, 0.1) is 39.6 Å². The third-order valence-electron chi connectivity index (χ3n) is 7.02. The van der Waals surface area contributed by atoms with Crippen molar-refractivity contribution in [2.75, 3.05) is 39.6 Å². The predicted molar refractivity (Wildman–Crippen MR) is 192 cm³/mol. The Morgan fingerprint density at radius 3 is 0.562 bits per heavy atom. The maximum atomic E-state index is 6.13. The maximum absolute atomic E-state index is 6.13. The largest absolute Gasteiger partial charge is 0.490 e. The van der Waals surface area contributed by atoms with E-state index >= 15 is 0 Å². The molecule has 6 nitrogen and oxygen atoms in total. The monoisotopic (exact) mass is 648 g/mol. The number of hydrogen-bond acceptors (Lipinski definition) is 6. The summed E-state index contributed by atoms with van der Waals surface area (Å²) in [6.07, 6.45) is 5.21.